The van der Waals surface area contributed by atoms with Crippen molar-refractivity contribution in [3.05, 3.63) is 23.4 Å². The van der Waals surface area contributed by atoms with Gasteiger partial charge in [-0.15, -0.1) is 0 Å². The van der Waals surface area contributed by atoms with Crippen LogP contribution in [0.2, 0.25) is 0 Å². The molecule has 1 aromatic heterocycles. The molecule has 0 aromatic carbocycles. The van der Waals surface area contributed by atoms with E-state index in [0.29, 0.717) is 0 Å². The van der Waals surface area contributed by atoms with Crippen molar-refractivity contribution in [2.75, 3.05) is 19.0 Å². The second-order valence-corrected chi connectivity index (χ2v) is 8.16. The van der Waals surface area contributed by atoms with Crippen LogP contribution in [0.15, 0.2) is 22.7 Å². The molecule has 1 aromatic rings. The van der Waals surface area contributed by atoms with Gasteiger partial charge in [-0.1, -0.05) is 0 Å². The second-order valence-electron chi connectivity index (χ2n) is 8.16. The normalized spacial score (nSPS) is 27.1. The molecule has 15 nitrogen and oxygen atoms in total. The number of carbonyl (C=O) groups excluding carboxylic acids is 5. The molecule has 0 radical (unpaired) electrons. The zero-order chi connectivity index (χ0) is 26.3. The number of carbonyl (C=O) groups is 5. The fourth-order valence-electron chi connectivity index (χ4n) is 4.18. The van der Waals surface area contributed by atoms with Crippen LogP contribution in [0.5, 0.6) is 0 Å². The molecule has 1 saturated heterocycles. The van der Waals surface area contributed by atoms with Crippen LogP contribution in [0, 0.1) is 0 Å². The molecule has 0 saturated carbocycles. The van der Waals surface area contributed by atoms with Crippen molar-refractivity contribution in [3.63, 3.8) is 0 Å². The smallest absolute Gasteiger partial charge is 0.303 e. The fourth-order valence-corrected chi connectivity index (χ4v) is 4.18. The number of fused-ring (bicyclic) bond motifs is 1. The highest BCUT2D eigenvalue weighted by atomic mass is 16.7. The maximum absolute atomic E-state index is 12.6. The van der Waals surface area contributed by atoms with Gasteiger partial charge in [-0.05, 0) is 0 Å². The number of ether oxygens (including phenoxy) is 4. The van der Waals surface area contributed by atoms with Gasteiger partial charge in [0, 0.05) is 27.8 Å². The quantitative estimate of drug-likeness (QED) is 0.287. The van der Waals surface area contributed by atoms with Crippen LogP contribution < -0.4 is 5.32 Å². The van der Waals surface area contributed by atoms with E-state index in [4.69, 9.17) is 18.9 Å². The predicted octanol–water partition coefficient (Wildman–Crippen LogP) is -0.487. The number of aliphatic imine (C=N–C) groups is 1. The Labute approximate surface area is 203 Å². The molecule has 2 N–H and O–H groups in total. The van der Waals surface area contributed by atoms with Gasteiger partial charge in [0.1, 0.15) is 30.3 Å². The largest absolute Gasteiger partial charge is 0.503 e. The van der Waals surface area contributed by atoms with Gasteiger partial charge in [0.15, 0.2) is 24.2 Å². The Kier molecular flexibility index (Phi) is 6.49. The molecule has 2 amide bonds. The molecular weight excluding hydrogens is 482 g/mol. The van der Waals surface area contributed by atoms with Crippen LogP contribution in [0.1, 0.15) is 38.7 Å². The Morgan fingerprint density at radius 1 is 1.08 bits per heavy atom. The third-order valence-corrected chi connectivity index (χ3v) is 5.69. The van der Waals surface area contributed by atoms with E-state index in [1.165, 1.54) is 45.1 Å². The molecule has 4 rings (SSSR count). The van der Waals surface area contributed by atoms with Gasteiger partial charge in [-0.3, -0.25) is 38.4 Å². The Morgan fingerprint density at radius 2 is 1.75 bits per heavy atom. The molecule has 1 fully saturated rings. The first kappa shape index (κ1) is 24.8. The van der Waals surface area contributed by atoms with Crippen molar-refractivity contribution in [1.82, 2.24) is 14.5 Å². The van der Waals surface area contributed by atoms with E-state index in [2.05, 4.69) is 15.3 Å². The number of hydrogen-bond donors (Lipinski definition) is 2. The van der Waals surface area contributed by atoms with E-state index in [-0.39, 0.29) is 23.7 Å². The number of likely N-dealkylation sites (N-methyl/N-ethyl adjacent to an activating group) is 1. The lowest BCUT2D eigenvalue weighted by molar-refractivity contribution is -0.166. The van der Waals surface area contributed by atoms with Crippen molar-refractivity contribution in [2.24, 2.45) is 4.99 Å². The molecule has 36 heavy (non-hydrogen) atoms. The lowest BCUT2D eigenvalue weighted by Crippen LogP contribution is -2.40. The van der Waals surface area contributed by atoms with Crippen molar-refractivity contribution < 1.29 is 48.0 Å². The first-order chi connectivity index (χ1) is 17.0. The molecule has 3 aliphatic rings. The van der Waals surface area contributed by atoms with Crippen LogP contribution >= 0.6 is 0 Å². The minimum Gasteiger partial charge on any atom is -0.503 e. The summed E-state index contributed by atoms with van der Waals surface area (Å²) in [6.07, 6.45) is -1.85. The second kappa shape index (κ2) is 9.41. The monoisotopic (exact) mass is 505 g/mol. The lowest BCUT2D eigenvalue weighted by Gasteiger charge is -2.25. The van der Waals surface area contributed by atoms with E-state index in [0.717, 1.165) is 4.90 Å². The third kappa shape index (κ3) is 4.28. The van der Waals surface area contributed by atoms with Crippen LogP contribution in [-0.2, 0) is 42.9 Å². The number of anilines is 1. The minimum absolute atomic E-state index is 0.174. The number of rotatable bonds is 6. The lowest BCUT2D eigenvalue weighted by atomic mass is 10.0. The number of nitrogens with one attached hydrogen (secondary N) is 1. The van der Waals surface area contributed by atoms with E-state index >= 15 is 0 Å². The van der Waals surface area contributed by atoms with Crippen molar-refractivity contribution in [2.45, 2.75) is 51.4 Å². The number of aromatic nitrogens is 2. The summed E-state index contributed by atoms with van der Waals surface area (Å²) in [6, 6.07) is -1.11. The zero-order valence-corrected chi connectivity index (χ0v) is 19.7. The molecular formula is C21H23N5O10. The van der Waals surface area contributed by atoms with Gasteiger partial charge in [0.05, 0.1) is 18.2 Å². The Bertz CT molecular complexity index is 1200. The highest BCUT2D eigenvalue weighted by Gasteiger charge is 2.52. The fraction of sp³-hybridized carbons (Fsp3) is 0.476. The Hall–Kier alpha value is -4.27. The van der Waals surface area contributed by atoms with E-state index < -0.39 is 66.1 Å². The number of amides is 2. The van der Waals surface area contributed by atoms with Crippen LogP contribution in [0.4, 0.5) is 5.82 Å². The summed E-state index contributed by atoms with van der Waals surface area (Å²) in [5.74, 6) is -4.04. The molecule has 15 heteroatoms. The number of esters is 3. The summed E-state index contributed by atoms with van der Waals surface area (Å²) in [4.78, 5) is 68.9. The van der Waals surface area contributed by atoms with Crippen molar-refractivity contribution in [1.29, 1.82) is 0 Å². The van der Waals surface area contributed by atoms with Gasteiger partial charge in [-0.2, -0.15) is 0 Å². The van der Waals surface area contributed by atoms with Gasteiger partial charge in [0.2, 0.25) is 0 Å². The SMILES string of the molecule is CC(=O)OC[C@H]1O[C@@H](n2cnc3c2NC=NC3C2=C(O)C(=O)N(C)C2=O)[C@H](OC(C)=O)[C@@H]1OC(C)=O. The number of aliphatic hydroxyl groups excluding tert-OH is 1. The molecule has 0 aliphatic carbocycles. The molecule has 192 valence electrons. The molecule has 1 unspecified atom stereocenters. The number of aliphatic hydroxyl groups is 1. The maximum Gasteiger partial charge on any atom is 0.303 e. The summed E-state index contributed by atoms with van der Waals surface area (Å²) < 4.78 is 23.2. The first-order valence-corrected chi connectivity index (χ1v) is 10.7. The molecule has 4 heterocycles. The van der Waals surface area contributed by atoms with Crippen LogP contribution in [0.3, 0.4) is 0 Å². The van der Waals surface area contributed by atoms with Gasteiger partial charge >= 0.3 is 17.9 Å². The highest BCUT2D eigenvalue weighted by Crippen LogP contribution is 2.41. The summed E-state index contributed by atoms with van der Waals surface area (Å²) in [6.45, 7) is 3.24. The maximum atomic E-state index is 12.6. The van der Waals surface area contributed by atoms with Gasteiger partial charge in [-0.25, -0.2) is 4.98 Å². The summed E-state index contributed by atoms with van der Waals surface area (Å²) >= 11 is 0. The van der Waals surface area contributed by atoms with Crippen LogP contribution in [-0.4, -0.2) is 87.6 Å². The standard InChI is InChI=1S/C21H23N5O10/c1-8(27)33-5-11-16(34-9(2)28)17(35-10(3)29)21(36-11)26-7-24-14-13(22-6-23-18(14)26)12-15(30)20(32)25(4)19(12)31/h6-7,11,13,16-17,21,30H,5H2,1-4H3,(H,22,23)/t11-,13?,16-,17-,21-/m1/s1. The van der Waals surface area contributed by atoms with E-state index in [9.17, 15) is 29.1 Å². The van der Waals surface area contributed by atoms with Gasteiger partial charge in [0.25, 0.3) is 11.8 Å². The number of imide groups is 1. The average Bonchev–Trinajstić information content (AvgIpc) is 3.43. The number of nitrogens with zero attached hydrogens (tertiary/aromatic N) is 4. The Balaban J connectivity index is 1.72. The molecule has 0 spiro atoms. The predicted molar refractivity (Wildman–Crippen MR) is 116 cm³/mol. The Morgan fingerprint density at radius 3 is 2.33 bits per heavy atom. The topological polar surface area (TPSA) is 188 Å². The summed E-state index contributed by atoms with van der Waals surface area (Å²) in [7, 11) is 1.23. The molecule has 3 aliphatic heterocycles. The number of imidazole rings is 1. The molecule has 0 bridgehead atoms. The average molecular weight is 505 g/mol. The number of hydrogen-bond acceptors (Lipinski definition) is 13. The van der Waals surface area contributed by atoms with Crippen LogP contribution in [0.25, 0.3) is 0 Å². The first-order valence-electron chi connectivity index (χ1n) is 10.7. The minimum atomic E-state index is -1.17. The molecule has 5 atom stereocenters. The highest BCUT2D eigenvalue weighted by molar-refractivity contribution is 6.18. The summed E-state index contributed by atoms with van der Waals surface area (Å²) in [5.41, 5.74) is -0.0747. The summed E-state index contributed by atoms with van der Waals surface area (Å²) in [5, 5.41) is 13.1. The van der Waals surface area contributed by atoms with Crippen molar-refractivity contribution >= 4 is 41.9 Å². The van der Waals surface area contributed by atoms with Crippen molar-refractivity contribution in [3.8, 4) is 0 Å². The van der Waals surface area contributed by atoms with E-state index in [1.54, 1.807) is 0 Å². The zero-order valence-electron chi connectivity index (χ0n) is 19.7. The third-order valence-electron chi connectivity index (χ3n) is 5.69. The van der Waals surface area contributed by atoms with Gasteiger partial charge < -0.3 is 29.4 Å². The van der Waals surface area contributed by atoms with E-state index in [1.807, 2.05) is 0 Å².